The van der Waals surface area contributed by atoms with Crippen molar-refractivity contribution in [3.8, 4) is 0 Å². The molecule has 1 aliphatic heterocycles. The highest BCUT2D eigenvalue weighted by Crippen LogP contribution is 2.25. The van der Waals surface area contributed by atoms with Crippen molar-refractivity contribution in [1.82, 2.24) is 19.6 Å². The molecule has 1 N–H and O–H groups in total. The van der Waals surface area contributed by atoms with Crippen LogP contribution >= 0.6 is 0 Å². The molecule has 28 heavy (non-hydrogen) atoms. The Hall–Kier alpha value is -2.67. The largest absolute Gasteiger partial charge is 0.480 e. The van der Waals surface area contributed by atoms with Gasteiger partial charge in [0.25, 0.3) is 0 Å². The molecule has 1 aromatic heterocycles. The normalized spacial score (nSPS) is 17.4. The van der Waals surface area contributed by atoms with Crippen LogP contribution in [0.4, 0.5) is 0 Å². The first-order chi connectivity index (χ1) is 13.5. The summed E-state index contributed by atoms with van der Waals surface area (Å²) in [4.78, 5) is 27.4. The Morgan fingerprint density at radius 2 is 2.04 bits per heavy atom. The first-order valence-corrected chi connectivity index (χ1v) is 9.76. The number of likely N-dealkylation sites (tertiary alicyclic amines) is 1. The second kappa shape index (κ2) is 9.50. The van der Waals surface area contributed by atoms with Crippen LogP contribution in [-0.2, 0) is 22.7 Å². The van der Waals surface area contributed by atoms with Gasteiger partial charge in [-0.05, 0) is 31.0 Å². The van der Waals surface area contributed by atoms with Gasteiger partial charge in [-0.15, -0.1) is 0 Å². The van der Waals surface area contributed by atoms with Crippen LogP contribution in [0.3, 0.4) is 0 Å². The van der Waals surface area contributed by atoms with E-state index >= 15 is 0 Å². The molecule has 1 fully saturated rings. The highest BCUT2D eigenvalue weighted by Gasteiger charge is 2.24. The zero-order chi connectivity index (χ0) is 19.9. The maximum absolute atomic E-state index is 12.5. The molecule has 1 aliphatic rings. The van der Waals surface area contributed by atoms with Crippen molar-refractivity contribution in [1.29, 1.82) is 0 Å². The molecule has 0 radical (unpaired) electrons. The number of amides is 1. The summed E-state index contributed by atoms with van der Waals surface area (Å²) in [6.45, 7) is 3.11. The lowest BCUT2D eigenvalue weighted by atomic mass is 9.95. The molecule has 1 amide bonds. The predicted molar refractivity (Wildman–Crippen MR) is 106 cm³/mol. The number of hydrogen-bond acceptors (Lipinski definition) is 4. The molecule has 0 spiro atoms. The molecule has 3 rings (SSSR count). The van der Waals surface area contributed by atoms with Crippen molar-refractivity contribution in [3.05, 3.63) is 53.9 Å². The average Bonchev–Trinajstić information content (AvgIpc) is 3.15. The van der Waals surface area contributed by atoms with Crippen LogP contribution in [0.2, 0.25) is 0 Å². The summed E-state index contributed by atoms with van der Waals surface area (Å²) >= 11 is 0. The zero-order valence-electron chi connectivity index (χ0n) is 16.3. The Labute approximate surface area is 165 Å². The molecule has 150 valence electrons. The van der Waals surface area contributed by atoms with Crippen LogP contribution in [0.5, 0.6) is 0 Å². The van der Waals surface area contributed by atoms with Gasteiger partial charge in [-0.3, -0.25) is 14.3 Å². The smallest absolute Gasteiger partial charge is 0.325 e. The average molecular weight is 384 g/mol. The van der Waals surface area contributed by atoms with E-state index in [9.17, 15) is 9.59 Å². The van der Waals surface area contributed by atoms with Gasteiger partial charge in [0.1, 0.15) is 6.54 Å². The summed E-state index contributed by atoms with van der Waals surface area (Å²) in [5, 5.41) is 13.3. The Morgan fingerprint density at radius 1 is 1.25 bits per heavy atom. The van der Waals surface area contributed by atoms with Gasteiger partial charge >= 0.3 is 5.97 Å². The van der Waals surface area contributed by atoms with Gasteiger partial charge in [0.05, 0.1) is 5.69 Å². The summed E-state index contributed by atoms with van der Waals surface area (Å²) in [5.41, 5.74) is 2.08. The standard InChI is InChI=1S/C21H28N4O3/c1-23(14-17-6-3-2-4-7-17)20(26)10-12-24-11-5-8-18(15-24)19-9-13-25(22-19)16-21(27)28/h2-4,6-7,9,13,18H,5,8,10-12,14-16H2,1H3,(H,27,28)/t18-/m1/s1. The molecule has 0 unspecified atom stereocenters. The van der Waals surface area contributed by atoms with Crippen molar-refractivity contribution in [3.63, 3.8) is 0 Å². The Kier molecular flexibility index (Phi) is 6.81. The lowest BCUT2D eigenvalue weighted by molar-refractivity contribution is -0.138. The minimum Gasteiger partial charge on any atom is -0.480 e. The third kappa shape index (κ3) is 5.66. The molecule has 7 heteroatoms. The van der Waals surface area contributed by atoms with Crippen molar-refractivity contribution in [2.45, 2.75) is 38.3 Å². The summed E-state index contributed by atoms with van der Waals surface area (Å²) in [6.07, 6.45) is 4.33. The van der Waals surface area contributed by atoms with Gasteiger partial charge in [-0.1, -0.05) is 30.3 Å². The summed E-state index contributed by atoms with van der Waals surface area (Å²) in [5.74, 6) is -0.448. The monoisotopic (exact) mass is 384 g/mol. The fourth-order valence-electron chi connectivity index (χ4n) is 3.71. The summed E-state index contributed by atoms with van der Waals surface area (Å²) < 4.78 is 1.47. The van der Waals surface area contributed by atoms with E-state index in [2.05, 4.69) is 10.00 Å². The lowest BCUT2D eigenvalue weighted by Crippen LogP contribution is -2.37. The van der Waals surface area contributed by atoms with Crippen LogP contribution in [0.25, 0.3) is 0 Å². The minimum atomic E-state index is -0.891. The molecular formula is C21H28N4O3. The van der Waals surface area contributed by atoms with Gasteiger partial charge in [0.2, 0.25) is 5.91 Å². The Morgan fingerprint density at radius 3 is 2.79 bits per heavy atom. The molecule has 0 saturated carbocycles. The molecule has 0 bridgehead atoms. The SMILES string of the molecule is CN(Cc1ccccc1)C(=O)CCN1CCC[C@@H](c2ccn(CC(=O)O)n2)C1. The second-order valence-corrected chi connectivity index (χ2v) is 7.46. The Balaban J connectivity index is 1.47. The first kappa shape index (κ1) is 20.1. The number of aromatic nitrogens is 2. The molecule has 1 aromatic carbocycles. The molecule has 1 atom stereocenters. The molecule has 1 saturated heterocycles. The number of carbonyl (C=O) groups is 2. The maximum Gasteiger partial charge on any atom is 0.325 e. The molecule has 2 aromatic rings. The number of piperidine rings is 1. The lowest BCUT2D eigenvalue weighted by Gasteiger charge is -2.32. The molecule has 7 nitrogen and oxygen atoms in total. The highest BCUT2D eigenvalue weighted by molar-refractivity contribution is 5.76. The summed E-state index contributed by atoms with van der Waals surface area (Å²) in [7, 11) is 1.85. The number of carboxylic acids is 1. The number of rotatable bonds is 8. The van der Waals surface area contributed by atoms with E-state index in [-0.39, 0.29) is 12.5 Å². The molecule has 2 heterocycles. The number of carbonyl (C=O) groups excluding carboxylic acids is 1. The number of carboxylic acid groups (broad SMARTS) is 1. The van der Waals surface area contributed by atoms with Gasteiger partial charge in [0.15, 0.2) is 0 Å². The predicted octanol–water partition coefficient (Wildman–Crippen LogP) is 2.20. The quantitative estimate of drug-likeness (QED) is 0.755. The number of nitrogens with zero attached hydrogens (tertiary/aromatic N) is 4. The fraction of sp³-hybridized carbons (Fsp3) is 0.476. The molecular weight excluding hydrogens is 356 g/mol. The van der Waals surface area contributed by atoms with Crippen molar-refractivity contribution in [2.75, 3.05) is 26.7 Å². The number of benzene rings is 1. The van der Waals surface area contributed by atoms with Crippen molar-refractivity contribution >= 4 is 11.9 Å². The molecule has 0 aliphatic carbocycles. The van der Waals surface area contributed by atoms with Gasteiger partial charge in [0, 0.05) is 45.2 Å². The van der Waals surface area contributed by atoms with E-state index in [0.29, 0.717) is 18.9 Å². The third-order valence-corrected chi connectivity index (χ3v) is 5.21. The van der Waals surface area contributed by atoms with E-state index in [0.717, 1.165) is 43.7 Å². The van der Waals surface area contributed by atoms with Crippen LogP contribution in [0.15, 0.2) is 42.6 Å². The topological polar surface area (TPSA) is 78.7 Å². The van der Waals surface area contributed by atoms with E-state index < -0.39 is 5.97 Å². The van der Waals surface area contributed by atoms with Crippen LogP contribution in [0, 0.1) is 0 Å². The van der Waals surface area contributed by atoms with E-state index in [1.165, 1.54) is 4.68 Å². The van der Waals surface area contributed by atoms with Crippen LogP contribution in [0.1, 0.15) is 36.4 Å². The highest BCUT2D eigenvalue weighted by atomic mass is 16.4. The Bertz CT molecular complexity index is 790. The maximum atomic E-state index is 12.5. The van der Waals surface area contributed by atoms with Gasteiger partial charge in [-0.25, -0.2) is 0 Å². The second-order valence-electron chi connectivity index (χ2n) is 7.46. The number of hydrogen-bond donors (Lipinski definition) is 1. The van der Waals surface area contributed by atoms with Crippen LogP contribution < -0.4 is 0 Å². The first-order valence-electron chi connectivity index (χ1n) is 9.76. The number of aliphatic carboxylic acids is 1. The zero-order valence-corrected chi connectivity index (χ0v) is 16.3. The van der Waals surface area contributed by atoms with E-state index in [1.807, 2.05) is 43.4 Å². The van der Waals surface area contributed by atoms with Crippen LogP contribution in [-0.4, -0.2) is 63.2 Å². The van der Waals surface area contributed by atoms with Gasteiger partial charge < -0.3 is 14.9 Å². The fourth-order valence-corrected chi connectivity index (χ4v) is 3.71. The minimum absolute atomic E-state index is 0.112. The van der Waals surface area contributed by atoms with Crippen molar-refractivity contribution in [2.24, 2.45) is 0 Å². The van der Waals surface area contributed by atoms with Crippen molar-refractivity contribution < 1.29 is 14.7 Å². The summed E-state index contributed by atoms with van der Waals surface area (Å²) in [6, 6.07) is 11.9. The van der Waals surface area contributed by atoms with E-state index in [1.54, 1.807) is 11.1 Å². The van der Waals surface area contributed by atoms with Gasteiger partial charge in [-0.2, -0.15) is 5.10 Å². The third-order valence-electron chi connectivity index (χ3n) is 5.21. The van der Waals surface area contributed by atoms with E-state index in [4.69, 9.17) is 5.11 Å².